The van der Waals surface area contributed by atoms with E-state index in [-0.39, 0.29) is 31.5 Å². The maximum atomic E-state index is 13.5. The Balaban J connectivity index is 1.85. The van der Waals surface area contributed by atoms with Crippen LogP contribution >= 0.6 is 11.6 Å². The van der Waals surface area contributed by atoms with Crippen LogP contribution in [0.5, 0.6) is 0 Å². The Hall–Kier alpha value is -2.14. The van der Waals surface area contributed by atoms with Crippen molar-refractivity contribution in [2.24, 2.45) is 0 Å². The van der Waals surface area contributed by atoms with E-state index in [1.807, 2.05) is 0 Å². The number of alkyl halides is 3. The zero-order valence-corrected chi connectivity index (χ0v) is 18.3. The molecule has 2 aromatic rings. The SMILES string of the molecule is O=C(O)C1(S(=O)(=O)N2CCNCC2)CCc2c(-c3ccc(C(F)(F)F)c(Cl)c3)cccc21. The lowest BCUT2D eigenvalue weighted by Crippen LogP contribution is -2.55. The molecule has 1 saturated heterocycles. The number of carboxylic acid groups (broad SMARTS) is 1. The van der Waals surface area contributed by atoms with Gasteiger partial charge < -0.3 is 10.4 Å². The Labute approximate surface area is 188 Å². The summed E-state index contributed by atoms with van der Waals surface area (Å²) in [5, 5.41) is 12.7. The summed E-state index contributed by atoms with van der Waals surface area (Å²) >= 11 is 5.87. The highest BCUT2D eigenvalue weighted by molar-refractivity contribution is 7.90. The molecule has 0 spiro atoms. The Morgan fingerprint density at radius 1 is 1.16 bits per heavy atom. The topological polar surface area (TPSA) is 86.7 Å². The number of fused-ring (bicyclic) bond motifs is 1. The number of nitrogens with one attached hydrogen (secondary N) is 1. The van der Waals surface area contributed by atoms with Gasteiger partial charge >= 0.3 is 12.1 Å². The summed E-state index contributed by atoms with van der Waals surface area (Å²) in [6.45, 7) is 1.18. The van der Waals surface area contributed by atoms with E-state index < -0.39 is 37.5 Å². The number of hydrogen-bond acceptors (Lipinski definition) is 4. The molecule has 0 radical (unpaired) electrons. The van der Waals surface area contributed by atoms with Gasteiger partial charge in [-0.15, -0.1) is 0 Å². The largest absolute Gasteiger partial charge is 0.480 e. The van der Waals surface area contributed by atoms with Crippen LogP contribution in [0.4, 0.5) is 13.2 Å². The van der Waals surface area contributed by atoms with Crippen molar-refractivity contribution in [1.29, 1.82) is 0 Å². The standard InChI is InChI=1S/C21H20ClF3N2O4S/c22-18-12-13(4-5-17(18)21(23,24)25)14-2-1-3-16-15(14)6-7-20(16,19(28)29)32(30,31)27-10-8-26-9-11-27/h1-5,12,26H,6-11H2,(H,28,29). The van der Waals surface area contributed by atoms with Gasteiger partial charge in [0.05, 0.1) is 10.6 Å². The van der Waals surface area contributed by atoms with Crippen molar-refractivity contribution < 1.29 is 31.5 Å². The number of sulfonamides is 1. The summed E-state index contributed by atoms with van der Waals surface area (Å²) in [6, 6.07) is 7.93. The van der Waals surface area contributed by atoms with E-state index in [9.17, 15) is 31.5 Å². The highest BCUT2D eigenvalue weighted by Crippen LogP contribution is 2.48. The molecule has 1 aliphatic heterocycles. The first-order valence-electron chi connectivity index (χ1n) is 9.93. The molecule has 2 N–H and O–H groups in total. The van der Waals surface area contributed by atoms with Gasteiger partial charge in [-0.3, -0.25) is 4.79 Å². The first-order valence-corrected chi connectivity index (χ1v) is 11.8. The van der Waals surface area contributed by atoms with E-state index >= 15 is 0 Å². The summed E-state index contributed by atoms with van der Waals surface area (Å²) in [7, 11) is -4.25. The number of hydrogen-bond donors (Lipinski definition) is 2. The first-order chi connectivity index (χ1) is 15.0. The Morgan fingerprint density at radius 2 is 1.84 bits per heavy atom. The van der Waals surface area contributed by atoms with Gasteiger partial charge in [0, 0.05) is 26.2 Å². The summed E-state index contributed by atoms with van der Waals surface area (Å²) in [6.07, 6.45) is -4.61. The van der Waals surface area contributed by atoms with Crippen molar-refractivity contribution in [3.05, 3.63) is 58.1 Å². The molecule has 1 aliphatic carbocycles. The quantitative estimate of drug-likeness (QED) is 0.688. The van der Waals surface area contributed by atoms with Crippen LogP contribution in [0.1, 0.15) is 23.1 Å². The number of rotatable bonds is 4. The molecule has 0 saturated carbocycles. The summed E-state index contributed by atoms with van der Waals surface area (Å²) in [4.78, 5) is 12.5. The van der Waals surface area contributed by atoms with Gasteiger partial charge in [-0.25, -0.2) is 8.42 Å². The third-order valence-corrected chi connectivity index (χ3v) is 8.96. The third-order valence-electron chi connectivity index (χ3n) is 6.13. The molecule has 4 rings (SSSR count). The zero-order chi connectivity index (χ0) is 23.3. The van der Waals surface area contributed by atoms with Crippen LogP contribution in [0.25, 0.3) is 11.1 Å². The number of halogens is 4. The number of aliphatic carboxylic acids is 1. The van der Waals surface area contributed by atoms with Crippen LogP contribution in [0.3, 0.4) is 0 Å². The monoisotopic (exact) mass is 488 g/mol. The summed E-state index contributed by atoms with van der Waals surface area (Å²) < 4.78 is 65.4. The molecule has 1 unspecified atom stereocenters. The van der Waals surface area contributed by atoms with Gasteiger partial charge in [-0.05, 0) is 47.2 Å². The second-order valence-electron chi connectivity index (χ2n) is 7.81. The zero-order valence-electron chi connectivity index (χ0n) is 16.7. The van der Waals surface area contributed by atoms with Gasteiger partial charge in [0.1, 0.15) is 0 Å². The average Bonchev–Trinajstić information content (AvgIpc) is 3.15. The van der Waals surface area contributed by atoms with Crippen LogP contribution in [-0.4, -0.2) is 50.0 Å². The lowest BCUT2D eigenvalue weighted by molar-refractivity contribution is -0.140. The molecule has 0 bridgehead atoms. The molecule has 1 heterocycles. The molecular formula is C21H20ClF3N2O4S. The van der Waals surface area contributed by atoms with Crippen molar-refractivity contribution in [2.45, 2.75) is 23.8 Å². The number of piperazine rings is 1. The van der Waals surface area contributed by atoms with Crippen LogP contribution < -0.4 is 5.32 Å². The van der Waals surface area contributed by atoms with E-state index in [0.29, 0.717) is 29.8 Å². The summed E-state index contributed by atoms with van der Waals surface area (Å²) in [5.41, 5.74) is 0.496. The Kier molecular flexibility index (Phi) is 5.77. The predicted octanol–water partition coefficient (Wildman–Crippen LogP) is 3.49. The minimum absolute atomic E-state index is 0.150. The highest BCUT2D eigenvalue weighted by Gasteiger charge is 2.58. The molecular weight excluding hydrogens is 469 g/mol. The van der Waals surface area contributed by atoms with Crippen LogP contribution in [0.2, 0.25) is 5.02 Å². The van der Waals surface area contributed by atoms with E-state index in [0.717, 1.165) is 6.07 Å². The molecule has 32 heavy (non-hydrogen) atoms. The predicted molar refractivity (Wildman–Crippen MR) is 113 cm³/mol. The lowest BCUT2D eigenvalue weighted by atomic mass is 9.94. The van der Waals surface area contributed by atoms with Gasteiger partial charge in [-0.2, -0.15) is 17.5 Å². The van der Waals surface area contributed by atoms with Gasteiger partial charge in [0.25, 0.3) is 0 Å². The number of nitrogens with zero attached hydrogens (tertiary/aromatic N) is 1. The fourth-order valence-corrected chi connectivity index (χ4v) is 7.00. The van der Waals surface area contributed by atoms with Crippen molar-refractivity contribution in [2.75, 3.05) is 26.2 Å². The second kappa shape index (κ2) is 8.02. The highest BCUT2D eigenvalue weighted by atomic mass is 35.5. The molecule has 1 atom stereocenters. The molecule has 0 aromatic heterocycles. The van der Waals surface area contributed by atoms with E-state index in [4.69, 9.17) is 11.6 Å². The van der Waals surface area contributed by atoms with Crippen LogP contribution in [0.15, 0.2) is 36.4 Å². The third kappa shape index (κ3) is 3.49. The smallest absolute Gasteiger partial charge is 0.417 e. The minimum atomic E-state index is -4.61. The number of carboxylic acids is 1. The van der Waals surface area contributed by atoms with Crippen LogP contribution in [0, 0.1) is 0 Å². The van der Waals surface area contributed by atoms with Gasteiger partial charge in [0.2, 0.25) is 14.8 Å². The van der Waals surface area contributed by atoms with E-state index in [1.54, 1.807) is 6.07 Å². The van der Waals surface area contributed by atoms with Crippen molar-refractivity contribution in [1.82, 2.24) is 9.62 Å². The molecule has 11 heteroatoms. The minimum Gasteiger partial charge on any atom is -0.480 e. The first kappa shape index (κ1) is 23.0. The second-order valence-corrected chi connectivity index (χ2v) is 10.4. The molecule has 2 aromatic carbocycles. The lowest BCUT2D eigenvalue weighted by Gasteiger charge is -2.35. The van der Waals surface area contributed by atoms with Gasteiger partial charge in [-0.1, -0.05) is 35.9 Å². The Bertz CT molecular complexity index is 1180. The maximum absolute atomic E-state index is 13.5. The number of benzene rings is 2. The molecule has 6 nitrogen and oxygen atoms in total. The van der Waals surface area contributed by atoms with Crippen LogP contribution in [-0.2, 0) is 32.2 Å². The fraction of sp³-hybridized carbons (Fsp3) is 0.381. The van der Waals surface area contributed by atoms with Crippen molar-refractivity contribution in [3.8, 4) is 11.1 Å². The van der Waals surface area contributed by atoms with Gasteiger partial charge in [0.15, 0.2) is 0 Å². The van der Waals surface area contributed by atoms with E-state index in [1.165, 1.54) is 28.6 Å². The maximum Gasteiger partial charge on any atom is 0.417 e. The summed E-state index contributed by atoms with van der Waals surface area (Å²) in [5.74, 6) is -1.46. The molecule has 2 aliphatic rings. The molecule has 1 fully saturated rings. The number of carbonyl (C=O) groups is 1. The van der Waals surface area contributed by atoms with E-state index in [2.05, 4.69) is 5.32 Å². The Morgan fingerprint density at radius 3 is 2.44 bits per heavy atom. The fourth-order valence-electron chi connectivity index (χ4n) is 4.56. The average molecular weight is 489 g/mol. The van der Waals surface area contributed by atoms with Crippen molar-refractivity contribution >= 4 is 27.6 Å². The normalized spacial score (nSPS) is 22.0. The van der Waals surface area contributed by atoms with Crippen molar-refractivity contribution in [3.63, 3.8) is 0 Å². The molecule has 172 valence electrons. The molecule has 0 amide bonds.